The molecule has 0 atom stereocenters. The van der Waals surface area contributed by atoms with Crippen molar-refractivity contribution < 1.29 is 14.6 Å². The van der Waals surface area contributed by atoms with Crippen LogP contribution in [0.3, 0.4) is 0 Å². The van der Waals surface area contributed by atoms with Crippen molar-refractivity contribution in [1.29, 1.82) is 0 Å². The number of halogens is 1. The average Bonchev–Trinajstić information content (AvgIpc) is 2.80. The second kappa shape index (κ2) is 5.68. The summed E-state index contributed by atoms with van der Waals surface area (Å²) in [5.74, 6) is -0.252. The van der Waals surface area contributed by atoms with Crippen molar-refractivity contribution in [3.8, 4) is 5.75 Å². The minimum atomic E-state index is -0.990. The molecule has 0 spiro atoms. The van der Waals surface area contributed by atoms with Gasteiger partial charge in [-0.15, -0.1) is 0 Å². The molecular weight excluding hydrogens is 300 g/mol. The Bertz CT molecular complexity index is 537. The third-order valence-electron chi connectivity index (χ3n) is 2.32. The molecule has 2 rings (SSSR count). The van der Waals surface area contributed by atoms with Gasteiger partial charge in [-0.2, -0.15) is 5.10 Å². The molecule has 0 bridgehead atoms. The monoisotopic (exact) mass is 310 g/mol. The first-order valence-electron chi connectivity index (χ1n) is 5.30. The summed E-state index contributed by atoms with van der Waals surface area (Å²) in [6.07, 6.45) is 1.46. The van der Waals surface area contributed by atoms with E-state index in [1.165, 1.54) is 16.9 Å². The molecule has 2 aromatic rings. The van der Waals surface area contributed by atoms with Crippen molar-refractivity contribution >= 4 is 21.9 Å². The van der Waals surface area contributed by atoms with Crippen molar-refractivity contribution in [2.24, 2.45) is 0 Å². The molecule has 1 aromatic carbocycles. The van der Waals surface area contributed by atoms with Crippen LogP contribution in [0.2, 0.25) is 0 Å². The molecule has 0 unspecified atom stereocenters. The molecule has 0 amide bonds. The van der Waals surface area contributed by atoms with Crippen LogP contribution in [-0.4, -0.2) is 27.5 Å². The van der Waals surface area contributed by atoms with E-state index in [0.29, 0.717) is 13.2 Å². The second-order valence-electron chi connectivity index (χ2n) is 3.55. The predicted octanol–water partition coefficient (Wildman–Crippen LogP) is 2.42. The zero-order valence-electron chi connectivity index (χ0n) is 9.41. The van der Waals surface area contributed by atoms with Crippen molar-refractivity contribution in [1.82, 2.24) is 9.78 Å². The van der Waals surface area contributed by atoms with E-state index in [0.717, 1.165) is 10.2 Å². The van der Waals surface area contributed by atoms with Crippen molar-refractivity contribution in [2.75, 3.05) is 6.61 Å². The Hall–Kier alpha value is -1.82. The Kier molecular flexibility index (Phi) is 3.99. The van der Waals surface area contributed by atoms with E-state index in [1.54, 1.807) is 0 Å². The molecule has 0 aliphatic heterocycles. The van der Waals surface area contributed by atoms with Gasteiger partial charge in [0.05, 0.1) is 6.54 Å². The molecule has 1 aromatic heterocycles. The number of rotatable bonds is 5. The van der Waals surface area contributed by atoms with Crippen LogP contribution in [0.5, 0.6) is 5.75 Å². The summed E-state index contributed by atoms with van der Waals surface area (Å²) in [6, 6.07) is 8.90. The molecule has 5 nitrogen and oxygen atoms in total. The van der Waals surface area contributed by atoms with E-state index in [9.17, 15) is 4.79 Å². The molecule has 0 saturated heterocycles. The van der Waals surface area contributed by atoms with E-state index >= 15 is 0 Å². The number of hydrogen-bond acceptors (Lipinski definition) is 3. The summed E-state index contributed by atoms with van der Waals surface area (Å²) >= 11 is 3.34. The lowest BCUT2D eigenvalue weighted by molar-refractivity contribution is 0.0682. The van der Waals surface area contributed by atoms with Crippen LogP contribution in [0.15, 0.2) is 41.0 Å². The minimum Gasteiger partial charge on any atom is -0.492 e. The lowest BCUT2D eigenvalue weighted by atomic mass is 10.3. The second-order valence-corrected chi connectivity index (χ2v) is 4.46. The smallest absolute Gasteiger partial charge is 0.354 e. The number of nitrogens with zero attached hydrogens (tertiary/aromatic N) is 2. The van der Waals surface area contributed by atoms with Gasteiger partial charge in [0.1, 0.15) is 18.1 Å². The van der Waals surface area contributed by atoms with Crippen molar-refractivity contribution in [3.63, 3.8) is 0 Å². The van der Waals surface area contributed by atoms with Crippen LogP contribution in [0.1, 0.15) is 10.5 Å². The van der Waals surface area contributed by atoms with Crippen LogP contribution < -0.4 is 4.74 Å². The fraction of sp³-hybridized carbons (Fsp3) is 0.167. The summed E-state index contributed by atoms with van der Waals surface area (Å²) in [6.45, 7) is 0.758. The summed E-state index contributed by atoms with van der Waals surface area (Å²) in [5, 5.41) is 12.8. The summed E-state index contributed by atoms with van der Waals surface area (Å²) in [7, 11) is 0. The topological polar surface area (TPSA) is 64.3 Å². The molecule has 0 saturated carbocycles. The maximum Gasteiger partial charge on any atom is 0.354 e. The van der Waals surface area contributed by atoms with E-state index in [2.05, 4.69) is 21.0 Å². The van der Waals surface area contributed by atoms with Crippen LogP contribution in [0.4, 0.5) is 0 Å². The number of benzene rings is 1. The Morgan fingerprint density at radius 1 is 1.33 bits per heavy atom. The fourth-order valence-corrected chi connectivity index (χ4v) is 1.74. The number of carbonyl (C=O) groups is 1. The largest absolute Gasteiger partial charge is 0.492 e. The Morgan fingerprint density at radius 3 is 2.72 bits per heavy atom. The summed E-state index contributed by atoms with van der Waals surface area (Å²) < 4.78 is 7.88. The van der Waals surface area contributed by atoms with Crippen LogP contribution in [-0.2, 0) is 6.54 Å². The predicted molar refractivity (Wildman–Crippen MR) is 68.8 cm³/mol. The standard InChI is InChI=1S/C12H11BrN2O3/c13-9-1-3-10(4-2-9)18-8-7-15-11(12(16)17)5-6-14-15/h1-6H,7-8H2,(H,16,17). The normalized spacial score (nSPS) is 10.3. The SMILES string of the molecule is O=C(O)c1ccnn1CCOc1ccc(Br)cc1. The van der Waals surface area contributed by atoms with Crippen LogP contribution >= 0.6 is 15.9 Å². The highest BCUT2D eigenvalue weighted by Crippen LogP contribution is 2.16. The van der Waals surface area contributed by atoms with Gasteiger partial charge in [-0.05, 0) is 30.3 Å². The van der Waals surface area contributed by atoms with E-state index in [1.807, 2.05) is 24.3 Å². The van der Waals surface area contributed by atoms with E-state index in [4.69, 9.17) is 9.84 Å². The molecule has 0 fully saturated rings. The number of aromatic nitrogens is 2. The van der Waals surface area contributed by atoms with Gasteiger partial charge in [0.25, 0.3) is 0 Å². The first-order valence-corrected chi connectivity index (χ1v) is 6.09. The van der Waals surface area contributed by atoms with E-state index in [-0.39, 0.29) is 5.69 Å². The van der Waals surface area contributed by atoms with Gasteiger partial charge in [-0.3, -0.25) is 4.68 Å². The number of carboxylic acid groups (broad SMARTS) is 1. The van der Waals surface area contributed by atoms with Gasteiger partial charge in [-0.1, -0.05) is 15.9 Å². The van der Waals surface area contributed by atoms with Gasteiger partial charge in [-0.25, -0.2) is 4.79 Å². The number of hydrogen-bond donors (Lipinski definition) is 1. The van der Waals surface area contributed by atoms with Crippen LogP contribution in [0.25, 0.3) is 0 Å². The highest BCUT2D eigenvalue weighted by molar-refractivity contribution is 9.10. The third kappa shape index (κ3) is 3.10. The number of carboxylic acids is 1. The van der Waals surface area contributed by atoms with E-state index < -0.39 is 5.97 Å². The van der Waals surface area contributed by atoms with Gasteiger partial charge < -0.3 is 9.84 Å². The third-order valence-corrected chi connectivity index (χ3v) is 2.85. The maximum atomic E-state index is 10.8. The van der Waals surface area contributed by atoms with Crippen molar-refractivity contribution in [3.05, 3.63) is 46.7 Å². The quantitative estimate of drug-likeness (QED) is 0.921. The minimum absolute atomic E-state index is 0.161. The summed E-state index contributed by atoms with van der Waals surface area (Å²) in [5.41, 5.74) is 0.161. The number of ether oxygens (including phenoxy) is 1. The molecular formula is C12H11BrN2O3. The van der Waals surface area contributed by atoms with Crippen LogP contribution in [0, 0.1) is 0 Å². The average molecular weight is 311 g/mol. The van der Waals surface area contributed by atoms with Gasteiger partial charge in [0.2, 0.25) is 0 Å². The molecule has 18 heavy (non-hydrogen) atoms. The molecule has 94 valence electrons. The lowest BCUT2D eigenvalue weighted by Gasteiger charge is -2.07. The van der Waals surface area contributed by atoms with Crippen molar-refractivity contribution in [2.45, 2.75) is 6.54 Å². The van der Waals surface area contributed by atoms with Gasteiger partial charge >= 0.3 is 5.97 Å². The zero-order chi connectivity index (χ0) is 13.0. The number of aromatic carboxylic acids is 1. The molecule has 1 heterocycles. The first-order chi connectivity index (χ1) is 8.66. The highest BCUT2D eigenvalue weighted by Gasteiger charge is 2.09. The fourth-order valence-electron chi connectivity index (χ4n) is 1.47. The van der Waals surface area contributed by atoms with Gasteiger partial charge in [0, 0.05) is 10.7 Å². The maximum absolute atomic E-state index is 10.8. The molecule has 6 heteroatoms. The first kappa shape index (κ1) is 12.6. The lowest BCUT2D eigenvalue weighted by Crippen LogP contribution is -2.14. The zero-order valence-corrected chi connectivity index (χ0v) is 11.0. The summed E-state index contributed by atoms with van der Waals surface area (Å²) in [4.78, 5) is 10.8. The molecule has 0 aliphatic carbocycles. The Morgan fingerprint density at radius 2 is 2.06 bits per heavy atom. The molecule has 1 N–H and O–H groups in total. The Balaban J connectivity index is 1.90. The Labute approximate surface area is 112 Å². The van der Waals surface area contributed by atoms with Gasteiger partial charge in [0.15, 0.2) is 0 Å². The molecule has 0 aliphatic rings. The molecule has 0 radical (unpaired) electrons. The highest BCUT2D eigenvalue weighted by atomic mass is 79.9.